The van der Waals surface area contributed by atoms with Gasteiger partial charge in [0.25, 0.3) is 0 Å². The van der Waals surface area contributed by atoms with Gasteiger partial charge in [-0.2, -0.15) is 0 Å². The molecule has 4 aliphatic carbocycles. The molecule has 0 aromatic carbocycles. The minimum Gasteiger partial charge on any atom is -0.393 e. The van der Waals surface area contributed by atoms with Crippen LogP contribution in [0.25, 0.3) is 0 Å². The highest BCUT2D eigenvalue weighted by Crippen LogP contribution is 2.65. The molecule has 1 heterocycles. The molecule has 0 bridgehead atoms. The number of allylic oxidation sites excluding steroid dienone is 1. The molecule has 5 aliphatic rings. The van der Waals surface area contributed by atoms with Gasteiger partial charge in [0.15, 0.2) is 5.79 Å². The molecule has 4 fully saturated rings. The Morgan fingerprint density at radius 2 is 1.79 bits per heavy atom. The third-order valence-corrected chi connectivity index (χ3v) is 8.87. The first kappa shape index (κ1) is 15.8. The number of hydrogen-bond donors (Lipinski definition) is 1. The number of ether oxygens (including phenoxy) is 2. The zero-order valence-electron chi connectivity index (χ0n) is 15.2. The lowest BCUT2D eigenvalue weighted by atomic mass is 9.47. The molecule has 3 heteroatoms. The summed E-state index contributed by atoms with van der Waals surface area (Å²) in [5.74, 6) is 1.98. The monoisotopic (exact) mass is 332 g/mol. The molecule has 1 N–H and O–H groups in total. The molecule has 6 atom stereocenters. The summed E-state index contributed by atoms with van der Waals surface area (Å²) in [6.45, 7) is 6.40. The number of hydrogen-bond acceptors (Lipinski definition) is 3. The first-order chi connectivity index (χ1) is 11.5. The van der Waals surface area contributed by atoms with Crippen molar-refractivity contribution in [3.05, 3.63) is 11.6 Å². The lowest BCUT2D eigenvalue weighted by molar-refractivity contribution is -0.185. The largest absolute Gasteiger partial charge is 0.393 e. The third kappa shape index (κ3) is 1.95. The van der Waals surface area contributed by atoms with Crippen molar-refractivity contribution in [2.45, 2.75) is 77.1 Å². The molecule has 1 aliphatic heterocycles. The van der Waals surface area contributed by atoms with Crippen molar-refractivity contribution in [2.24, 2.45) is 28.6 Å². The normalized spacial score (nSPS) is 52.5. The van der Waals surface area contributed by atoms with E-state index in [4.69, 9.17) is 9.47 Å². The van der Waals surface area contributed by atoms with Gasteiger partial charge >= 0.3 is 0 Å². The molecule has 0 aromatic rings. The van der Waals surface area contributed by atoms with Crippen LogP contribution in [0.1, 0.15) is 65.2 Å². The topological polar surface area (TPSA) is 38.7 Å². The Morgan fingerprint density at radius 1 is 1.00 bits per heavy atom. The van der Waals surface area contributed by atoms with Gasteiger partial charge in [-0.3, -0.25) is 0 Å². The number of aliphatic hydroxyl groups excluding tert-OH is 1. The van der Waals surface area contributed by atoms with Crippen LogP contribution < -0.4 is 0 Å². The Balaban J connectivity index is 1.46. The minimum absolute atomic E-state index is 0.0726. The van der Waals surface area contributed by atoms with Crippen LogP contribution in [-0.4, -0.2) is 30.2 Å². The molecule has 3 saturated carbocycles. The standard InChI is InChI=1S/C21H32O3/c1-19-9-10-21(23-11-12-24-21)13-14(19)3-4-15-16-5-6-18(22)20(16,2)8-7-17(15)19/h3,15-18,22H,4-13H2,1-2H3/t15-,16+,17+,18+,19+,20+/m1/s1. The Morgan fingerprint density at radius 3 is 2.58 bits per heavy atom. The molecular weight excluding hydrogens is 300 g/mol. The van der Waals surface area contributed by atoms with E-state index in [1.54, 1.807) is 5.57 Å². The van der Waals surface area contributed by atoms with Crippen molar-refractivity contribution in [3.63, 3.8) is 0 Å². The highest BCUT2D eigenvalue weighted by atomic mass is 16.7. The van der Waals surface area contributed by atoms with E-state index in [2.05, 4.69) is 19.9 Å². The summed E-state index contributed by atoms with van der Waals surface area (Å²) in [5, 5.41) is 10.6. The summed E-state index contributed by atoms with van der Waals surface area (Å²) in [6, 6.07) is 0. The van der Waals surface area contributed by atoms with Gasteiger partial charge in [0.05, 0.1) is 19.3 Å². The van der Waals surface area contributed by atoms with Gasteiger partial charge in [0.1, 0.15) is 0 Å². The first-order valence-electron chi connectivity index (χ1n) is 10.1. The molecule has 0 aromatic heterocycles. The summed E-state index contributed by atoms with van der Waals surface area (Å²) < 4.78 is 12.0. The Kier molecular flexibility index (Phi) is 3.35. The van der Waals surface area contributed by atoms with Gasteiger partial charge in [-0.25, -0.2) is 0 Å². The van der Waals surface area contributed by atoms with Crippen molar-refractivity contribution in [1.29, 1.82) is 0 Å². The molecule has 134 valence electrons. The maximum absolute atomic E-state index is 10.6. The lowest BCUT2D eigenvalue weighted by Gasteiger charge is -2.58. The quantitative estimate of drug-likeness (QED) is 0.680. The molecule has 1 spiro atoms. The van der Waals surface area contributed by atoms with Crippen molar-refractivity contribution >= 4 is 0 Å². The first-order valence-corrected chi connectivity index (χ1v) is 10.1. The van der Waals surface area contributed by atoms with Crippen LogP contribution >= 0.6 is 0 Å². The summed E-state index contributed by atoms with van der Waals surface area (Å²) in [5.41, 5.74) is 2.12. The van der Waals surface area contributed by atoms with Crippen LogP contribution in [0.5, 0.6) is 0 Å². The summed E-state index contributed by atoms with van der Waals surface area (Å²) >= 11 is 0. The average Bonchev–Trinajstić information content (AvgIpc) is 3.14. The maximum atomic E-state index is 10.6. The highest BCUT2D eigenvalue weighted by molar-refractivity contribution is 5.26. The van der Waals surface area contributed by atoms with Gasteiger partial charge in [-0.15, -0.1) is 0 Å². The van der Waals surface area contributed by atoms with Crippen molar-refractivity contribution in [1.82, 2.24) is 0 Å². The molecule has 24 heavy (non-hydrogen) atoms. The zero-order chi connectivity index (χ0) is 16.6. The Labute approximate surface area is 145 Å². The SMILES string of the molecule is C[C@]12CC[C@H]3[C@H](CC=C4CC5(CC[C@@]43C)OCCO5)[C@@H]1CC[C@@H]2O. The van der Waals surface area contributed by atoms with Crippen LogP contribution in [0, 0.1) is 28.6 Å². The van der Waals surface area contributed by atoms with E-state index in [1.165, 1.54) is 32.1 Å². The van der Waals surface area contributed by atoms with Crippen LogP contribution in [0.4, 0.5) is 0 Å². The van der Waals surface area contributed by atoms with Crippen LogP contribution in [0.2, 0.25) is 0 Å². The van der Waals surface area contributed by atoms with Gasteiger partial charge in [-0.05, 0) is 67.1 Å². The predicted molar refractivity (Wildman–Crippen MR) is 92.3 cm³/mol. The molecule has 1 saturated heterocycles. The Hall–Kier alpha value is -0.380. The Bertz CT molecular complexity index is 563. The van der Waals surface area contributed by atoms with E-state index in [-0.39, 0.29) is 17.3 Å². The minimum atomic E-state index is -0.301. The van der Waals surface area contributed by atoms with Crippen LogP contribution in [0.15, 0.2) is 11.6 Å². The van der Waals surface area contributed by atoms with E-state index in [0.29, 0.717) is 5.41 Å². The van der Waals surface area contributed by atoms with Crippen molar-refractivity contribution in [3.8, 4) is 0 Å². The summed E-state index contributed by atoms with van der Waals surface area (Å²) in [7, 11) is 0. The van der Waals surface area contributed by atoms with E-state index >= 15 is 0 Å². The average molecular weight is 332 g/mol. The molecule has 0 unspecified atom stereocenters. The van der Waals surface area contributed by atoms with Crippen LogP contribution in [-0.2, 0) is 9.47 Å². The number of aliphatic hydroxyl groups is 1. The fraction of sp³-hybridized carbons (Fsp3) is 0.905. The van der Waals surface area contributed by atoms with E-state index < -0.39 is 0 Å². The van der Waals surface area contributed by atoms with Crippen LogP contribution in [0.3, 0.4) is 0 Å². The summed E-state index contributed by atoms with van der Waals surface area (Å²) in [4.78, 5) is 0. The smallest absolute Gasteiger partial charge is 0.172 e. The zero-order valence-corrected chi connectivity index (χ0v) is 15.2. The second-order valence-electron chi connectivity index (χ2n) is 9.68. The van der Waals surface area contributed by atoms with Crippen molar-refractivity contribution < 1.29 is 14.6 Å². The second kappa shape index (κ2) is 5.08. The molecule has 0 amide bonds. The van der Waals surface area contributed by atoms with E-state index in [9.17, 15) is 5.11 Å². The second-order valence-corrected chi connectivity index (χ2v) is 9.68. The molecule has 5 rings (SSSR count). The van der Waals surface area contributed by atoms with Gasteiger partial charge in [0.2, 0.25) is 0 Å². The number of rotatable bonds is 0. The van der Waals surface area contributed by atoms with Gasteiger partial charge in [0, 0.05) is 12.8 Å². The molecule has 3 nitrogen and oxygen atoms in total. The van der Waals surface area contributed by atoms with Gasteiger partial charge in [-0.1, -0.05) is 25.5 Å². The van der Waals surface area contributed by atoms with Gasteiger partial charge < -0.3 is 14.6 Å². The predicted octanol–water partition coefficient (Wildman–Crippen LogP) is 4.05. The molecule has 0 radical (unpaired) electrons. The lowest BCUT2D eigenvalue weighted by Crippen LogP contribution is -2.52. The fourth-order valence-corrected chi connectivity index (χ4v) is 7.32. The third-order valence-electron chi connectivity index (χ3n) is 8.87. The van der Waals surface area contributed by atoms with Crippen molar-refractivity contribution in [2.75, 3.05) is 13.2 Å². The van der Waals surface area contributed by atoms with E-state index in [0.717, 1.165) is 50.2 Å². The summed E-state index contributed by atoms with van der Waals surface area (Å²) in [6.07, 6.45) is 11.7. The fourth-order valence-electron chi connectivity index (χ4n) is 7.32. The molecular formula is C21H32O3. The maximum Gasteiger partial charge on any atom is 0.172 e. The number of fused-ring (bicyclic) bond motifs is 5. The highest BCUT2D eigenvalue weighted by Gasteiger charge is 2.60. The van der Waals surface area contributed by atoms with E-state index in [1.807, 2.05) is 0 Å².